The van der Waals surface area contributed by atoms with E-state index < -0.39 is 21.6 Å². The van der Waals surface area contributed by atoms with Gasteiger partial charge < -0.3 is 0 Å². The molecule has 120 valence electrons. The molecule has 1 aromatic heterocycles. The van der Waals surface area contributed by atoms with Gasteiger partial charge in [0.1, 0.15) is 10.6 Å². The van der Waals surface area contributed by atoms with E-state index in [-0.39, 0.29) is 26.3 Å². The zero-order chi connectivity index (χ0) is 16.9. The highest BCUT2D eigenvalue weighted by Crippen LogP contribution is 2.37. The molecule has 22 heavy (non-hydrogen) atoms. The summed E-state index contributed by atoms with van der Waals surface area (Å²) in [5, 5.41) is 3.37. The normalized spacial score (nSPS) is 12.7. The molecule has 0 N–H and O–H groups in total. The number of nitrogens with zero attached hydrogens (tertiary/aromatic N) is 2. The number of aromatic nitrogens is 2. The van der Waals surface area contributed by atoms with Crippen molar-refractivity contribution in [1.29, 1.82) is 0 Å². The van der Waals surface area contributed by atoms with Gasteiger partial charge in [-0.05, 0) is 19.1 Å². The fourth-order valence-electron chi connectivity index (χ4n) is 1.87. The van der Waals surface area contributed by atoms with Gasteiger partial charge in [0.2, 0.25) is 0 Å². The molecule has 4 nitrogen and oxygen atoms in total. The molecule has 0 atom stereocenters. The van der Waals surface area contributed by atoms with Crippen LogP contribution in [-0.2, 0) is 16.0 Å². The van der Waals surface area contributed by atoms with E-state index in [4.69, 9.17) is 23.2 Å². The number of rotatable bonds is 2. The molecule has 0 radical (unpaired) electrons. The van der Waals surface area contributed by atoms with Gasteiger partial charge in [0.15, 0.2) is 9.84 Å². The van der Waals surface area contributed by atoms with E-state index in [0.29, 0.717) is 12.1 Å². The summed E-state index contributed by atoms with van der Waals surface area (Å²) in [6.45, 7) is 1.46. The van der Waals surface area contributed by atoms with Crippen LogP contribution >= 0.6 is 23.2 Å². The molecule has 0 saturated heterocycles. The molecule has 0 bridgehead atoms. The first-order valence-electron chi connectivity index (χ1n) is 5.74. The van der Waals surface area contributed by atoms with Crippen LogP contribution in [0.4, 0.5) is 13.2 Å². The number of sulfone groups is 1. The number of alkyl halides is 3. The summed E-state index contributed by atoms with van der Waals surface area (Å²) in [7, 11) is -3.53. The Morgan fingerprint density at radius 1 is 1.18 bits per heavy atom. The average Bonchev–Trinajstić information content (AvgIpc) is 2.68. The summed E-state index contributed by atoms with van der Waals surface area (Å²) in [6.07, 6.45) is -2.44. The Kier molecular flexibility index (Phi) is 4.23. The lowest BCUT2D eigenvalue weighted by Gasteiger charge is -2.12. The Balaban J connectivity index is 2.65. The van der Waals surface area contributed by atoms with Gasteiger partial charge in [0, 0.05) is 12.5 Å². The average molecular weight is 373 g/mol. The van der Waals surface area contributed by atoms with E-state index in [1.54, 1.807) is 0 Å². The number of benzene rings is 1. The third-order valence-corrected chi connectivity index (χ3v) is 4.60. The largest absolute Gasteiger partial charge is 0.416 e. The summed E-state index contributed by atoms with van der Waals surface area (Å²) < 4.78 is 62.3. The van der Waals surface area contributed by atoms with Crippen LogP contribution in [-0.4, -0.2) is 24.5 Å². The van der Waals surface area contributed by atoms with Crippen LogP contribution in [0.25, 0.3) is 5.69 Å². The van der Waals surface area contributed by atoms with Crippen LogP contribution in [0.15, 0.2) is 23.2 Å². The lowest BCUT2D eigenvalue weighted by atomic mass is 10.2. The van der Waals surface area contributed by atoms with Gasteiger partial charge in [-0.15, -0.1) is 0 Å². The minimum atomic E-state index is -4.59. The highest BCUT2D eigenvalue weighted by molar-refractivity contribution is 7.90. The van der Waals surface area contributed by atoms with Crippen LogP contribution in [0.2, 0.25) is 10.0 Å². The monoisotopic (exact) mass is 372 g/mol. The summed E-state index contributed by atoms with van der Waals surface area (Å²) in [5.74, 6) is 0. The van der Waals surface area contributed by atoms with Crippen LogP contribution in [0.5, 0.6) is 0 Å². The molecule has 0 saturated carbocycles. The summed E-state index contributed by atoms with van der Waals surface area (Å²) >= 11 is 11.7. The van der Waals surface area contributed by atoms with Crippen molar-refractivity contribution in [3.63, 3.8) is 0 Å². The third-order valence-electron chi connectivity index (χ3n) is 2.83. The first-order chi connectivity index (χ1) is 9.91. The highest BCUT2D eigenvalue weighted by Gasteiger charge is 2.32. The molecule has 2 rings (SSSR count). The van der Waals surface area contributed by atoms with Crippen LogP contribution < -0.4 is 0 Å². The zero-order valence-electron chi connectivity index (χ0n) is 11.2. The van der Waals surface area contributed by atoms with E-state index in [9.17, 15) is 21.6 Å². The van der Waals surface area contributed by atoms with Gasteiger partial charge in [0.05, 0.1) is 21.3 Å². The molecule has 0 amide bonds. The molecule has 0 fully saturated rings. The zero-order valence-corrected chi connectivity index (χ0v) is 13.6. The van der Waals surface area contributed by atoms with Crippen LogP contribution in [0.3, 0.4) is 0 Å². The summed E-state index contributed by atoms with van der Waals surface area (Å²) in [6, 6.07) is 1.42. The van der Waals surface area contributed by atoms with Gasteiger partial charge in [-0.2, -0.15) is 18.3 Å². The molecule has 2 aromatic rings. The van der Waals surface area contributed by atoms with E-state index in [2.05, 4.69) is 5.10 Å². The van der Waals surface area contributed by atoms with Crippen molar-refractivity contribution in [1.82, 2.24) is 9.78 Å². The maximum absolute atomic E-state index is 12.7. The van der Waals surface area contributed by atoms with Crippen molar-refractivity contribution in [2.75, 3.05) is 6.26 Å². The minimum Gasteiger partial charge on any atom is -0.236 e. The smallest absolute Gasteiger partial charge is 0.236 e. The molecule has 1 heterocycles. The Bertz CT molecular complexity index is 822. The molecular formula is C12H9Cl2F3N2O2S. The molecule has 0 aliphatic rings. The molecule has 0 aliphatic heterocycles. The Hall–Kier alpha value is -1.25. The molecular weight excluding hydrogens is 364 g/mol. The topological polar surface area (TPSA) is 52.0 Å². The number of hydrogen-bond acceptors (Lipinski definition) is 3. The minimum absolute atomic E-state index is 0.0191. The molecule has 0 unspecified atom stereocenters. The first-order valence-corrected chi connectivity index (χ1v) is 8.39. The maximum Gasteiger partial charge on any atom is 0.416 e. The summed E-state index contributed by atoms with van der Waals surface area (Å²) in [5.41, 5.74) is -0.831. The standard InChI is InChI=1S/C12H9Cl2F3N2O2S/c1-6-10(22(2,20)21)5-19(18-6)11-8(13)3-7(4-9(11)14)12(15,16)17/h3-5H,1-2H3. The van der Waals surface area contributed by atoms with Crippen molar-refractivity contribution < 1.29 is 21.6 Å². The van der Waals surface area contributed by atoms with Crippen molar-refractivity contribution in [3.8, 4) is 5.69 Å². The van der Waals surface area contributed by atoms with Crippen molar-refractivity contribution in [2.24, 2.45) is 0 Å². The van der Waals surface area contributed by atoms with E-state index in [0.717, 1.165) is 17.1 Å². The second-order valence-electron chi connectivity index (χ2n) is 4.58. The van der Waals surface area contributed by atoms with Gasteiger partial charge >= 0.3 is 6.18 Å². The number of aryl methyl sites for hydroxylation is 1. The highest BCUT2D eigenvalue weighted by atomic mass is 35.5. The molecule has 0 spiro atoms. The quantitative estimate of drug-likeness (QED) is 0.802. The van der Waals surface area contributed by atoms with Gasteiger partial charge in [0.25, 0.3) is 0 Å². The van der Waals surface area contributed by atoms with Crippen molar-refractivity contribution in [3.05, 3.63) is 39.6 Å². The first kappa shape index (κ1) is 17.1. The van der Waals surface area contributed by atoms with E-state index in [1.807, 2.05) is 0 Å². The van der Waals surface area contributed by atoms with E-state index in [1.165, 1.54) is 6.92 Å². The van der Waals surface area contributed by atoms with Gasteiger partial charge in [-0.25, -0.2) is 13.1 Å². The molecule has 1 aromatic carbocycles. The lowest BCUT2D eigenvalue weighted by Crippen LogP contribution is -2.07. The predicted molar refractivity (Wildman–Crippen MR) is 76.4 cm³/mol. The summed E-state index contributed by atoms with van der Waals surface area (Å²) in [4.78, 5) is -0.0560. The maximum atomic E-state index is 12.7. The van der Waals surface area contributed by atoms with Crippen molar-refractivity contribution in [2.45, 2.75) is 18.0 Å². The Morgan fingerprint density at radius 2 is 1.68 bits per heavy atom. The fourth-order valence-corrected chi connectivity index (χ4v) is 3.40. The third kappa shape index (κ3) is 3.23. The van der Waals surface area contributed by atoms with Crippen molar-refractivity contribution >= 4 is 33.0 Å². The van der Waals surface area contributed by atoms with Crippen LogP contribution in [0, 0.1) is 6.92 Å². The Morgan fingerprint density at radius 3 is 2.05 bits per heavy atom. The van der Waals surface area contributed by atoms with E-state index >= 15 is 0 Å². The fraction of sp³-hybridized carbons (Fsp3) is 0.250. The number of halogens is 5. The molecule has 10 heteroatoms. The second kappa shape index (κ2) is 5.43. The number of hydrogen-bond donors (Lipinski definition) is 0. The lowest BCUT2D eigenvalue weighted by molar-refractivity contribution is -0.137. The predicted octanol–water partition coefficient (Wildman–Crippen LogP) is 3.91. The Labute approximate surface area is 134 Å². The molecule has 0 aliphatic carbocycles. The SMILES string of the molecule is Cc1nn(-c2c(Cl)cc(C(F)(F)F)cc2Cl)cc1S(C)(=O)=O. The van der Waals surface area contributed by atoms with Crippen LogP contribution in [0.1, 0.15) is 11.3 Å². The van der Waals surface area contributed by atoms with Gasteiger partial charge in [-0.1, -0.05) is 23.2 Å². The van der Waals surface area contributed by atoms with Gasteiger partial charge in [-0.3, -0.25) is 0 Å². The second-order valence-corrected chi connectivity index (χ2v) is 7.38.